The average Bonchev–Trinajstić information content (AvgIpc) is 2.65. The number of amides is 1. The van der Waals surface area contributed by atoms with Gasteiger partial charge in [0.15, 0.2) is 0 Å². The van der Waals surface area contributed by atoms with Crippen molar-refractivity contribution in [1.29, 1.82) is 0 Å². The van der Waals surface area contributed by atoms with Gasteiger partial charge in [-0.05, 0) is 54.8 Å². The molecule has 0 aliphatic rings. The molecule has 3 aromatic rings. The average molecular weight is 331 g/mol. The zero-order valence-corrected chi connectivity index (χ0v) is 14.2. The first kappa shape index (κ1) is 16.8. The Bertz CT molecular complexity index is 826. The molecule has 0 spiro atoms. The molecule has 0 saturated heterocycles. The van der Waals surface area contributed by atoms with Gasteiger partial charge < -0.3 is 10.1 Å². The summed E-state index contributed by atoms with van der Waals surface area (Å²) in [4.78, 5) is 12.5. The van der Waals surface area contributed by atoms with E-state index in [0.29, 0.717) is 12.2 Å². The molecule has 0 radical (unpaired) electrons. The molecule has 1 amide bonds. The fourth-order valence-corrected chi connectivity index (χ4v) is 2.68. The van der Waals surface area contributed by atoms with Crippen molar-refractivity contribution in [2.45, 2.75) is 13.3 Å². The molecule has 3 heteroatoms. The fourth-order valence-electron chi connectivity index (χ4n) is 2.68. The van der Waals surface area contributed by atoms with Crippen molar-refractivity contribution in [3.63, 3.8) is 0 Å². The van der Waals surface area contributed by atoms with E-state index in [1.165, 1.54) is 5.56 Å². The SMILES string of the molecule is CCOc1ccc(C(=O)Nc2ccccc2Cc2ccccc2)cc1. The molecule has 0 unspecified atom stereocenters. The van der Waals surface area contributed by atoms with Crippen molar-refractivity contribution in [3.8, 4) is 5.75 Å². The van der Waals surface area contributed by atoms with Gasteiger partial charge in [0.05, 0.1) is 6.61 Å². The van der Waals surface area contributed by atoms with Crippen LogP contribution in [0.2, 0.25) is 0 Å². The van der Waals surface area contributed by atoms with Crippen LogP contribution in [-0.4, -0.2) is 12.5 Å². The summed E-state index contributed by atoms with van der Waals surface area (Å²) in [7, 11) is 0. The lowest BCUT2D eigenvalue weighted by molar-refractivity contribution is 0.102. The number of carbonyl (C=O) groups excluding carboxylic acids is 1. The Hall–Kier alpha value is -3.07. The molecule has 0 bridgehead atoms. The highest BCUT2D eigenvalue weighted by atomic mass is 16.5. The second-order valence-electron chi connectivity index (χ2n) is 5.73. The van der Waals surface area contributed by atoms with Crippen LogP contribution < -0.4 is 10.1 Å². The van der Waals surface area contributed by atoms with Gasteiger partial charge >= 0.3 is 0 Å². The monoisotopic (exact) mass is 331 g/mol. The highest BCUT2D eigenvalue weighted by Crippen LogP contribution is 2.20. The summed E-state index contributed by atoms with van der Waals surface area (Å²) in [5.41, 5.74) is 3.75. The van der Waals surface area contributed by atoms with Crippen LogP contribution in [0, 0.1) is 0 Å². The number of nitrogens with one attached hydrogen (secondary N) is 1. The van der Waals surface area contributed by atoms with Crippen molar-refractivity contribution < 1.29 is 9.53 Å². The number of ether oxygens (including phenoxy) is 1. The number of para-hydroxylation sites is 1. The van der Waals surface area contributed by atoms with E-state index in [4.69, 9.17) is 4.74 Å². The highest BCUT2D eigenvalue weighted by Gasteiger charge is 2.09. The fraction of sp³-hybridized carbons (Fsp3) is 0.136. The summed E-state index contributed by atoms with van der Waals surface area (Å²) < 4.78 is 5.41. The Morgan fingerprint density at radius 2 is 1.56 bits per heavy atom. The normalized spacial score (nSPS) is 10.3. The van der Waals surface area contributed by atoms with Crippen molar-refractivity contribution in [2.75, 3.05) is 11.9 Å². The van der Waals surface area contributed by atoms with Gasteiger partial charge in [-0.15, -0.1) is 0 Å². The maximum Gasteiger partial charge on any atom is 0.255 e. The summed E-state index contributed by atoms with van der Waals surface area (Å²) in [5, 5.41) is 3.02. The Labute approximate surface area is 148 Å². The van der Waals surface area contributed by atoms with Gasteiger partial charge in [0.25, 0.3) is 5.91 Å². The number of anilines is 1. The van der Waals surface area contributed by atoms with Crippen molar-refractivity contribution in [1.82, 2.24) is 0 Å². The predicted octanol–water partition coefficient (Wildman–Crippen LogP) is 4.93. The summed E-state index contributed by atoms with van der Waals surface area (Å²) in [6, 6.07) is 25.3. The zero-order chi connectivity index (χ0) is 17.5. The molecule has 0 atom stereocenters. The smallest absolute Gasteiger partial charge is 0.255 e. The largest absolute Gasteiger partial charge is 0.494 e. The van der Waals surface area contributed by atoms with E-state index in [0.717, 1.165) is 23.4 Å². The lowest BCUT2D eigenvalue weighted by Crippen LogP contribution is -2.13. The van der Waals surface area contributed by atoms with E-state index in [1.807, 2.05) is 61.5 Å². The molecule has 25 heavy (non-hydrogen) atoms. The molecule has 0 aliphatic carbocycles. The second kappa shape index (κ2) is 8.15. The first-order valence-electron chi connectivity index (χ1n) is 8.42. The highest BCUT2D eigenvalue weighted by molar-refractivity contribution is 6.04. The molecule has 126 valence electrons. The van der Waals surface area contributed by atoms with Gasteiger partial charge in [-0.1, -0.05) is 48.5 Å². The standard InChI is InChI=1S/C22H21NO2/c1-2-25-20-14-12-18(13-15-20)22(24)23-21-11-7-6-10-19(21)16-17-8-4-3-5-9-17/h3-15H,2,16H2,1H3,(H,23,24). The number of carbonyl (C=O) groups is 1. The van der Waals surface area contributed by atoms with E-state index in [2.05, 4.69) is 17.4 Å². The van der Waals surface area contributed by atoms with E-state index >= 15 is 0 Å². The van der Waals surface area contributed by atoms with Crippen LogP contribution in [0.25, 0.3) is 0 Å². The van der Waals surface area contributed by atoms with Gasteiger partial charge in [-0.3, -0.25) is 4.79 Å². The summed E-state index contributed by atoms with van der Waals surface area (Å²) >= 11 is 0. The summed E-state index contributed by atoms with van der Waals surface area (Å²) in [6.45, 7) is 2.54. The van der Waals surface area contributed by atoms with E-state index < -0.39 is 0 Å². The Balaban J connectivity index is 1.75. The van der Waals surface area contributed by atoms with E-state index in [1.54, 1.807) is 12.1 Å². The van der Waals surface area contributed by atoms with Crippen LogP contribution in [0.1, 0.15) is 28.4 Å². The minimum atomic E-state index is -0.122. The molecule has 3 aromatic carbocycles. The molecule has 1 N–H and O–H groups in total. The molecule has 0 heterocycles. The first-order chi connectivity index (χ1) is 12.3. The van der Waals surface area contributed by atoms with Crippen LogP contribution in [0.5, 0.6) is 5.75 Å². The van der Waals surface area contributed by atoms with E-state index in [9.17, 15) is 4.79 Å². The molecule has 0 fully saturated rings. The van der Waals surface area contributed by atoms with E-state index in [-0.39, 0.29) is 5.91 Å². The van der Waals surface area contributed by atoms with Crippen LogP contribution >= 0.6 is 0 Å². The van der Waals surface area contributed by atoms with Crippen LogP contribution in [0.3, 0.4) is 0 Å². The molecule has 3 nitrogen and oxygen atoms in total. The summed E-state index contributed by atoms with van der Waals surface area (Å²) in [5.74, 6) is 0.645. The zero-order valence-electron chi connectivity index (χ0n) is 14.2. The topological polar surface area (TPSA) is 38.3 Å². The molecule has 0 aliphatic heterocycles. The number of benzene rings is 3. The van der Waals surface area contributed by atoms with Gasteiger partial charge in [-0.25, -0.2) is 0 Å². The van der Waals surface area contributed by atoms with Gasteiger partial charge in [0.1, 0.15) is 5.75 Å². The molecular formula is C22H21NO2. The maximum atomic E-state index is 12.5. The third-order valence-electron chi connectivity index (χ3n) is 3.93. The van der Waals surface area contributed by atoms with Gasteiger partial charge in [-0.2, -0.15) is 0 Å². The van der Waals surface area contributed by atoms with Gasteiger partial charge in [0, 0.05) is 11.3 Å². The third kappa shape index (κ3) is 4.48. The van der Waals surface area contributed by atoms with Crippen molar-refractivity contribution in [3.05, 3.63) is 95.6 Å². The summed E-state index contributed by atoms with van der Waals surface area (Å²) in [6.07, 6.45) is 0.778. The van der Waals surface area contributed by atoms with Crippen LogP contribution in [0.4, 0.5) is 5.69 Å². The first-order valence-corrected chi connectivity index (χ1v) is 8.42. The quantitative estimate of drug-likeness (QED) is 0.695. The molecule has 0 saturated carbocycles. The second-order valence-corrected chi connectivity index (χ2v) is 5.73. The molecule has 3 rings (SSSR count). The Kier molecular flexibility index (Phi) is 5.47. The third-order valence-corrected chi connectivity index (χ3v) is 3.93. The van der Waals surface area contributed by atoms with Crippen molar-refractivity contribution in [2.24, 2.45) is 0 Å². The minimum Gasteiger partial charge on any atom is -0.494 e. The number of rotatable bonds is 6. The number of hydrogen-bond donors (Lipinski definition) is 1. The maximum absolute atomic E-state index is 12.5. The molecule has 0 aromatic heterocycles. The van der Waals surface area contributed by atoms with Gasteiger partial charge in [0.2, 0.25) is 0 Å². The Morgan fingerprint density at radius 1 is 0.880 bits per heavy atom. The van der Waals surface area contributed by atoms with Crippen LogP contribution in [0.15, 0.2) is 78.9 Å². The van der Waals surface area contributed by atoms with Crippen LogP contribution in [-0.2, 0) is 6.42 Å². The Morgan fingerprint density at radius 3 is 2.28 bits per heavy atom. The predicted molar refractivity (Wildman–Crippen MR) is 101 cm³/mol. The number of hydrogen-bond acceptors (Lipinski definition) is 2. The molecular weight excluding hydrogens is 310 g/mol. The lowest BCUT2D eigenvalue weighted by Gasteiger charge is -2.12. The lowest BCUT2D eigenvalue weighted by atomic mass is 10.0. The minimum absolute atomic E-state index is 0.122. The van der Waals surface area contributed by atoms with Crippen molar-refractivity contribution >= 4 is 11.6 Å².